The normalized spacial score (nSPS) is 16.9. The number of fused-ring (bicyclic) bond motifs is 1. The maximum absolute atomic E-state index is 6.10. The average molecular weight is 395 g/mol. The van der Waals surface area contributed by atoms with Crippen molar-refractivity contribution >= 4 is 28.2 Å². The van der Waals surface area contributed by atoms with E-state index in [0.717, 1.165) is 60.9 Å². The summed E-state index contributed by atoms with van der Waals surface area (Å²) >= 11 is 6.10. The predicted octanol–water partition coefficient (Wildman–Crippen LogP) is 4.51. The Labute approximate surface area is 172 Å². The van der Waals surface area contributed by atoms with Gasteiger partial charge in [-0.15, -0.1) is 0 Å². The van der Waals surface area contributed by atoms with Crippen molar-refractivity contribution in [1.82, 2.24) is 14.8 Å². The molecule has 1 aliphatic heterocycles. The molecule has 0 aliphatic carbocycles. The van der Waals surface area contributed by atoms with Crippen LogP contribution in [-0.2, 0) is 6.54 Å². The summed E-state index contributed by atoms with van der Waals surface area (Å²) in [4.78, 5) is 9.53. The lowest BCUT2D eigenvalue weighted by atomic mass is 10.1. The van der Waals surface area contributed by atoms with E-state index in [1.807, 2.05) is 30.5 Å². The number of piperazine rings is 1. The number of anilines is 1. The first kappa shape index (κ1) is 19.2. The van der Waals surface area contributed by atoms with Crippen LogP contribution in [0.15, 0.2) is 60.8 Å². The summed E-state index contributed by atoms with van der Waals surface area (Å²) in [5.74, 6) is 0. The van der Waals surface area contributed by atoms with Gasteiger partial charge in [-0.3, -0.25) is 14.8 Å². The Bertz CT molecular complexity index is 907. The zero-order valence-electron chi connectivity index (χ0n) is 16.3. The molecule has 28 heavy (non-hydrogen) atoms. The molecule has 0 saturated carbocycles. The lowest BCUT2D eigenvalue weighted by Gasteiger charge is -2.36. The zero-order valence-corrected chi connectivity index (χ0v) is 17.1. The van der Waals surface area contributed by atoms with Gasteiger partial charge in [0.15, 0.2) is 0 Å². The van der Waals surface area contributed by atoms with E-state index < -0.39 is 0 Å². The van der Waals surface area contributed by atoms with Crippen LogP contribution in [0, 0.1) is 0 Å². The SMILES string of the molecule is CC(CN1CCN(Cc2ccccc2)CC1)Nc1ccnc2cc(Cl)ccc12. The van der Waals surface area contributed by atoms with Crippen molar-refractivity contribution in [3.63, 3.8) is 0 Å². The second-order valence-corrected chi connectivity index (χ2v) is 8.06. The molecule has 0 spiro atoms. The molecule has 1 saturated heterocycles. The third-order valence-corrected chi connectivity index (χ3v) is 5.59. The molecule has 1 atom stereocenters. The van der Waals surface area contributed by atoms with Crippen molar-refractivity contribution in [3.05, 3.63) is 71.4 Å². The van der Waals surface area contributed by atoms with Crippen molar-refractivity contribution in [3.8, 4) is 0 Å². The largest absolute Gasteiger partial charge is 0.381 e. The molecule has 1 aromatic heterocycles. The fourth-order valence-corrected chi connectivity index (χ4v) is 4.08. The van der Waals surface area contributed by atoms with Crippen molar-refractivity contribution in [1.29, 1.82) is 0 Å². The lowest BCUT2D eigenvalue weighted by Crippen LogP contribution is -2.48. The van der Waals surface area contributed by atoms with Gasteiger partial charge in [-0.1, -0.05) is 41.9 Å². The fourth-order valence-electron chi connectivity index (χ4n) is 3.92. The molecule has 0 bridgehead atoms. The highest BCUT2D eigenvalue weighted by Crippen LogP contribution is 2.25. The van der Waals surface area contributed by atoms with E-state index in [1.165, 1.54) is 5.56 Å². The number of halogens is 1. The van der Waals surface area contributed by atoms with E-state index in [9.17, 15) is 0 Å². The molecule has 146 valence electrons. The standard InChI is InChI=1S/C23H27ClN4/c1-18(26-22-9-10-25-23-15-20(24)7-8-21(22)23)16-27-11-13-28(14-12-27)17-19-5-3-2-4-6-19/h2-10,15,18H,11-14,16-17H2,1H3,(H,25,26). The van der Waals surface area contributed by atoms with Crippen LogP contribution >= 0.6 is 11.6 Å². The predicted molar refractivity (Wildman–Crippen MR) is 118 cm³/mol. The first-order chi connectivity index (χ1) is 13.7. The third-order valence-electron chi connectivity index (χ3n) is 5.35. The quantitative estimate of drug-likeness (QED) is 0.666. The Balaban J connectivity index is 1.30. The van der Waals surface area contributed by atoms with Gasteiger partial charge in [-0.05, 0) is 36.8 Å². The van der Waals surface area contributed by atoms with E-state index in [2.05, 4.69) is 57.4 Å². The molecule has 1 fully saturated rings. The molecule has 0 amide bonds. The number of nitrogens with one attached hydrogen (secondary N) is 1. The molecule has 4 rings (SSSR count). The van der Waals surface area contributed by atoms with Gasteiger partial charge in [0, 0.05) is 67.6 Å². The second-order valence-electron chi connectivity index (χ2n) is 7.63. The van der Waals surface area contributed by atoms with Crippen LogP contribution in [0.2, 0.25) is 5.02 Å². The Morgan fingerprint density at radius 1 is 1.00 bits per heavy atom. The highest BCUT2D eigenvalue weighted by molar-refractivity contribution is 6.31. The van der Waals surface area contributed by atoms with Gasteiger partial charge < -0.3 is 5.32 Å². The Morgan fingerprint density at radius 2 is 1.75 bits per heavy atom. The molecule has 5 heteroatoms. The third kappa shape index (κ3) is 4.82. The van der Waals surface area contributed by atoms with Gasteiger partial charge in [-0.2, -0.15) is 0 Å². The molecule has 1 N–H and O–H groups in total. The van der Waals surface area contributed by atoms with Crippen LogP contribution in [0.1, 0.15) is 12.5 Å². The smallest absolute Gasteiger partial charge is 0.0737 e. The summed E-state index contributed by atoms with van der Waals surface area (Å²) in [6, 6.07) is 19.0. The van der Waals surface area contributed by atoms with Gasteiger partial charge >= 0.3 is 0 Å². The highest BCUT2D eigenvalue weighted by Gasteiger charge is 2.19. The molecule has 2 heterocycles. The summed E-state index contributed by atoms with van der Waals surface area (Å²) in [7, 11) is 0. The molecule has 0 radical (unpaired) electrons. The second kappa shape index (κ2) is 8.91. The molecule has 3 aromatic rings. The van der Waals surface area contributed by atoms with Crippen LogP contribution in [0.25, 0.3) is 10.9 Å². The molecular formula is C23H27ClN4. The lowest BCUT2D eigenvalue weighted by molar-refractivity contribution is 0.125. The van der Waals surface area contributed by atoms with E-state index in [4.69, 9.17) is 11.6 Å². The Morgan fingerprint density at radius 3 is 2.54 bits per heavy atom. The van der Waals surface area contributed by atoms with Crippen molar-refractivity contribution < 1.29 is 0 Å². The van der Waals surface area contributed by atoms with Crippen LogP contribution < -0.4 is 5.32 Å². The highest BCUT2D eigenvalue weighted by atomic mass is 35.5. The van der Waals surface area contributed by atoms with Gasteiger partial charge in [0.2, 0.25) is 0 Å². The summed E-state index contributed by atoms with van der Waals surface area (Å²) in [6.45, 7) is 8.82. The van der Waals surface area contributed by atoms with Crippen LogP contribution in [-0.4, -0.2) is 53.5 Å². The topological polar surface area (TPSA) is 31.4 Å². The molecule has 2 aromatic carbocycles. The summed E-state index contributed by atoms with van der Waals surface area (Å²) < 4.78 is 0. The number of rotatable bonds is 6. The maximum Gasteiger partial charge on any atom is 0.0737 e. The molecular weight excluding hydrogens is 368 g/mol. The number of hydrogen-bond acceptors (Lipinski definition) is 4. The monoisotopic (exact) mass is 394 g/mol. The van der Waals surface area contributed by atoms with Crippen molar-refractivity contribution in [2.24, 2.45) is 0 Å². The first-order valence-electron chi connectivity index (χ1n) is 9.97. The van der Waals surface area contributed by atoms with E-state index >= 15 is 0 Å². The minimum Gasteiger partial charge on any atom is -0.381 e. The number of benzene rings is 2. The fraction of sp³-hybridized carbons (Fsp3) is 0.348. The van der Waals surface area contributed by atoms with E-state index in [0.29, 0.717) is 6.04 Å². The van der Waals surface area contributed by atoms with Crippen LogP contribution in [0.5, 0.6) is 0 Å². The van der Waals surface area contributed by atoms with Crippen LogP contribution in [0.3, 0.4) is 0 Å². The maximum atomic E-state index is 6.10. The minimum absolute atomic E-state index is 0.363. The average Bonchev–Trinajstić information content (AvgIpc) is 2.70. The summed E-state index contributed by atoms with van der Waals surface area (Å²) in [5, 5.41) is 5.50. The Hall–Kier alpha value is -2.14. The van der Waals surface area contributed by atoms with E-state index in [1.54, 1.807) is 0 Å². The molecule has 1 aliphatic rings. The summed E-state index contributed by atoms with van der Waals surface area (Å²) in [5.41, 5.74) is 3.45. The van der Waals surface area contributed by atoms with Gasteiger partial charge in [0.1, 0.15) is 0 Å². The first-order valence-corrected chi connectivity index (χ1v) is 10.3. The van der Waals surface area contributed by atoms with Crippen molar-refractivity contribution in [2.45, 2.75) is 19.5 Å². The zero-order chi connectivity index (χ0) is 19.3. The minimum atomic E-state index is 0.363. The van der Waals surface area contributed by atoms with E-state index in [-0.39, 0.29) is 0 Å². The van der Waals surface area contributed by atoms with Crippen molar-refractivity contribution in [2.75, 3.05) is 38.0 Å². The van der Waals surface area contributed by atoms with Gasteiger partial charge in [-0.25, -0.2) is 0 Å². The van der Waals surface area contributed by atoms with Gasteiger partial charge in [0.25, 0.3) is 0 Å². The van der Waals surface area contributed by atoms with Crippen LogP contribution in [0.4, 0.5) is 5.69 Å². The summed E-state index contributed by atoms with van der Waals surface area (Å²) in [6.07, 6.45) is 1.84. The number of aromatic nitrogens is 1. The number of nitrogens with zero attached hydrogens (tertiary/aromatic N) is 3. The number of pyridine rings is 1. The molecule has 4 nitrogen and oxygen atoms in total. The van der Waals surface area contributed by atoms with Gasteiger partial charge in [0.05, 0.1) is 5.52 Å². The molecule has 1 unspecified atom stereocenters. The Kier molecular flexibility index (Phi) is 6.10. The number of hydrogen-bond donors (Lipinski definition) is 1.